The molecule has 56 valence electrons. The van der Waals surface area contributed by atoms with E-state index in [1.807, 2.05) is 0 Å². The predicted molar refractivity (Wildman–Crippen MR) is 36.5 cm³/mol. The van der Waals surface area contributed by atoms with Gasteiger partial charge in [0.05, 0.1) is 0 Å². The number of hydrogen-bond donors (Lipinski definition) is 2. The third kappa shape index (κ3) is 180. The van der Waals surface area contributed by atoms with Crippen LogP contribution in [0.5, 0.6) is 0 Å². The molecular formula is C6H15O2Ti-. The Kier molecular flexibility index (Phi) is 204. The first-order chi connectivity index (χ1) is 3.91. The van der Waals surface area contributed by atoms with Crippen molar-refractivity contribution in [2.45, 2.75) is 6.42 Å². The molecule has 0 radical (unpaired) electrons. The summed E-state index contributed by atoms with van der Waals surface area (Å²) in [7, 11) is 2.00. The molecule has 0 atom stereocenters. The van der Waals surface area contributed by atoms with Crippen LogP contribution >= 0.6 is 0 Å². The topological polar surface area (TPSA) is 40.5 Å². The van der Waals surface area contributed by atoms with Gasteiger partial charge in [0.15, 0.2) is 0 Å². The van der Waals surface area contributed by atoms with Gasteiger partial charge in [-0.15, -0.1) is 12.7 Å². The van der Waals surface area contributed by atoms with Crippen LogP contribution in [0.15, 0.2) is 12.7 Å². The van der Waals surface area contributed by atoms with Gasteiger partial charge in [0.2, 0.25) is 0 Å². The minimum atomic E-state index is 0. The second-order valence-corrected chi connectivity index (χ2v) is 0.577. The molecule has 0 aromatic heterocycles. The van der Waals surface area contributed by atoms with Crippen molar-refractivity contribution < 1.29 is 31.9 Å². The van der Waals surface area contributed by atoms with Crippen molar-refractivity contribution in [3.8, 4) is 0 Å². The number of allylic oxidation sites excluding steroid dienone is 1. The quantitative estimate of drug-likeness (QED) is 0.341. The summed E-state index contributed by atoms with van der Waals surface area (Å²) in [5.41, 5.74) is 0. The van der Waals surface area contributed by atoms with Gasteiger partial charge in [-0.3, -0.25) is 0 Å². The summed E-state index contributed by atoms with van der Waals surface area (Å²) in [5.74, 6) is 0. The van der Waals surface area contributed by atoms with Gasteiger partial charge in [0, 0.05) is 35.9 Å². The second-order valence-electron chi connectivity index (χ2n) is 0.577. The Hall–Kier alpha value is 0.374. The third-order valence-corrected chi connectivity index (χ3v) is 0.204. The van der Waals surface area contributed by atoms with Crippen molar-refractivity contribution in [3.05, 3.63) is 19.6 Å². The maximum absolute atomic E-state index is 7.00. The Morgan fingerprint density at radius 1 is 1.33 bits per heavy atom. The van der Waals surface area contributed by atoms with Crippen LogP contribution in [0, 0.1) is 6.92 Å². The zero-order valence-corrected chi connectivity index (χ0v) is 7.65. The third-order valence-electron chi connectivity index (χ3n) is 0.204. The van der Waals surface area contributed by atoms with E-state index in [4.69, 9.17) is 10.2 Å². The molecule has 0 rings (SSSR count). The summed E-state index contributed by atoms with van der Waals surface area (Å²) >= 11 is 0. The van der Waals surface area contributed by atoms with Gasteiger partial charge in [-0.1, -0.05) is 0 Å². The van der Waals surface area contributed by atoms with Crippen LogP contribution in [-0.4, -0.2) is 24.4 Å². The van der Waals surface area contributed by atoms with E-state index in [0.29, 0.717) is 0 Å². The van der Waals surface area contributed by atoms with E-state index in [9.17, 15) is 0 Å². The van der Waals surface area contributed by atoms with E-state index in [0.717, 1.165) is 20.6 Å². The maximum Gasteiger partial charge on any atom is 0.0319 e. The fraction of sp³-hybridized carbons (Fsp3) is 0.500. The van der Waals surface area contributed by atoms with Crippen LogP contribution in [-0.2, 0) is 21.7 Å². The van der Waals surface area contributed by atoms with E-state index in [1.165, 1.54) is 0 Å². The molecule has 0 amide bonds. The van der Waals surface area contributed by atoms with Crippen LogP contribution in [0.25, 0.3) is 0 Å². The van der Waals surface area contributed by atoms with Gasteiger partial charge in [-0.25, -0.2) is 0 Å². The molecule has 0 aliphatic rings. The Balaban J connectivity index is -0.0000000221. The summed E-state index contributed by atoms with van der Waals surface area (Å²) < 4.78 is 0. The van der Waals surface area contributed by atoms with E-state index >= 15 is 0 Å². The molecule has 0 saturated carbocycles. The van der Waals surface area contributed by atoms with Crippen molar-refractivity contribution in [1.82, 2.24) is 0 Å². The smallest absolute Gasteiger partial charge is 0.0319 e. The second kappa shape index (κ2) is 80.8. The van der Waals surface area contributed by atoms with Crippen LogP contribution in [0.2, 0.25) is 0 Å². The molecule has 0 aliphatic heterocycles. The summed E-state index contributed by atoms with van der Waals surface area (Å²) in [5, 5.41) is 14.0. The largest absolute Gasteiger partial charge is 0.400 e. The van der Waals surface area contributed by atoms with E-state index in [2.05, 4.69) is 13.5 Å². The van der Waals surface area contributed by atoms with Gasteiger partial charge in [-0.2, -0.15) is 6.42 Å². The first kappa shape index (κ1) is 22.8. The zero-order chi connectivity index (χ0) is 7.41. The molecule has 2 N–H and O–H groups in total. The molecule has 0 unspecified atom stereocenters. The average molecular weight is 167 g/mol. The molecule has 0 saturated heterocycles. The Labute approximate surface area is 72.5 Å². The Morgan fingerprint density at radius 3 is 1.44 bits per heavy atom. The first-order valence-corrected chi connectivity index (χ1v) is 2.21. The minimum absolute atomic E-state index is 0. The molecule has 0 heterocycles. The van der Waals surface area contributed by atoms with Crippen LogP contribution in [0.1, 0.15) is 6.42 Å². The van der Waals surface area contributed by atoms with Crippen molar-refractivity contribution in [3.63, 3.8) is 0 Å². The van der Waals surface area contributed by atoms with Crippen molar-refractivity contribution in [2.75, 3.05) is 14.2 Å². The molecule has 0 bridgehead atoms. The maximum atomic E-state index is 7.00. The predicted octanol–water partition coefficient (Wildman–Crippen LogP) is 0.611. The van der Waals surface area contributed by atoms with Gasteiger partial charge in [0.1, 0.15) is 0 Å². The molecule has 2 nitrogen and oxygen atoms in total. The Morgan fingerprint density at radius 2 is 1.44 bits per heavy atom. The SMILES string of the molecule is C=CC[CH2-].CO.CO.[Ti]. The molecule has 0 aromatic carbocycles. The number of hydrogen-bond acceptors (Lipinski definition) is 2. The number of rotatable bonds is 1. The van der Waals surface area contributed by atoms with Crippen molar-refractivity contribution in [1.29, 1.82) is 0 Å². The van der Waals surface area contributed by atoms with E-state index in [1.54, 1.807) is 6.08 Å². The Bertz CT molecular complexity index is 25.0. The molecule has 0 spiro atoms. The van der Waals surface area contributed by atoms with Gasteiger partial charge in [-0.05, 0) is 0 Å². The molecule has 0 aliphatic carbocycles. The first-order valence-electron chi connectivity index (χ1n) is 2.21. The summed E-state index contributed by atoms with van der Waals surface area (Å²) in [6.07, 6.45) is 2.60. The van der Waals surface area contributed by atoms with Gasteiger partial charge < -0.3 is 17.1 Å². The minimum Gasteiger partial charge on any atom is -0.400 e. The van der Waals surface area contributed by atoms with Crippen molar-refractivity contribution in [2.24, 2.45) is 0 Å². The number of aliphatic hydroxyl groups is 2. The zero-order valence-electron chi connectivity index (χ0n) is 6.09. The van der Waals surface area contributed by atoms with Crippen LogP contribution in [0.4, 0.5) is 0 Å². The number of aliphatic hydroxyl groups excluding tert-OH is 2. The molecule has 0 fully saturated rings. The van der Waals surface area contributed by atoms with Gasteiger partial charge in [0.25, 0.3) is 0 Å². The normalized spacial score (nSPS) is 4.11. The standard InChI is InChI=1S/C4H7.2CH4O.Ti/c1-3-4-2;2*1-2;/h3H,1-2,4H2;2*2H,1H3;/q-1;;;. The summed E-state index contributed by atoms with van der Waals surface area (Å²) in [4.78, 5) is 0. The van der Waals surface area contributed by atoms with Crippen molar-refractivity contribution >= 4 is 0 Å². The fourth-order valence-electron chi connectivity index (χ4n) is 0. The fourth-order valence-corrected chi connectivity index (χ4v) is 0. The monoisotopic (exact) mass is 167 g/mol. The molecule has 3 heteroatoms. The van der Waals surface area contributed by atoms with Crippen LogP contribution in [0.3, 0.4) is 0 Å². The molecule has 0 aromatic rings. The summed E-state index contributed by atoms with van der Waals surface area (Å²) in [6.45, 7) is 6.90. The molecular weight excluding hydrogens is 152 g/mol. The van der Waals surface area contributed by atoms with E-state index < -0.39 is 0 Å². The summed E-state index contributed by atoms with van der Waals surface area (Å²) in [6, 6.07) is 0. The van der Waals surface area contributed by atoms with E-state index in [-0.39, 0.29) is 21.7 Å². The van der Waals surface area contributed by atoms with Crippen LogP contribution < -0.4 is 0 Å². The molecule has 9 heavy (non-hydrogen) atoms. The van der Waals surface area contributed by atoms with Gasteiger partial charge >= 0.3 is 0 Å². The average Bonchev–Trinajstić information content (AvgIpc) is 1.96.